The van der Waals surface area contributed by atoms with Crippen molar-refractivity contribution in [3.05, 3.63) is 54.6 Å². The van der Waals surface area contributed by atoms with Gasteiger partial charge in [-0.25, -0.2) is 0 Å². The Morgan fingerprint density at radius 3 is 2.60 bits per heavy atom. The molecular formula is C21H22N6O2S. The number of hydrogen-bond donors (Lipinski definition) is 0. The molecule has 5 rings (SSSR count). The van der Waals surface area contributed by atoms with Gasteiger partial charge in [0.15, 0.2) is 10.9 Å². The SMILES string of the molecule is C[C@@H](Sc1nnc(N2CCCCC2)n1-c1ccccc1)c1nc(-c2ccco2)no1. The van der Waals surface area contributed by atoms with Crippen LogP contribution in [0.3, 0.4) is 0 Å². The van der Waals surface area contributed by atoms with Crippen LogP contribution < -0.4 is 4.90 Å². The van der Waals surface area contributed by atoms with Crippen LogP contribution in [0.25, 0.3) is 17.3 Å². The summed E-state index contributed by atoms with van der Waals surface area (Å²) in [7, 11) is 0. The lowest BCUT2D eigenvalue weighted by Gasteiger charge is -2.27. The number of hydrogen-bond acceptors (Lipinski definition) is 8. The summed E-state index contributed by atoms with van der Waals surface area (Å²) in [5.41, 5.74) is 1.04. The number of thioether (sulfide) groups is 1. The lowest BCUT2D eigenvalue weighted by atomic mass is 10.1. The fourth-order valence-electron chi connectivity index (χ4n) is 3.56. The molecule has 1 aliphatic rings. The summed E-state index contributed by atoms with van der Waals surface area (Å²) in [5, 5.41) is 13.8. The summed E-state index contributed by atoms with van der Waals surface area (Å²) in [6, 6.07) is 13.8. The van der Waals surface area contributed by atoms with Crippen LogP contribution in [0.15, 0.2) is 62.8 Å². The monoisotopic (exact) mass is 422 g/mol. The van der Waals surface area contributed by atoms with Gasteiger partial charge in [-0.2, -0.15) is 4.98 Å². The van der Waals surface area contributed by atoms with E-state index in [1.807, 2.05) is 31.2 Å². The molecule has 0 unspecified atom stereocenters. The second-order valence-corrected chi connectivity index (χ2v) is 8.50. The highest BCUT2D eigenvalue weighted by Gasteiger charge is 2.25. The van der Waals surface area contributed by atoms with Crippen molar-refractivity contribution in [1.82, 2.24) is 24.9 Å². The van der Waals surface area contributed by atoms with Gasteiger partial charge in [0.25, 0.3) is 0 Å². The van der Waals surface area contributed by atoms with Gasteiger partial charge >= 0.3 is 0 Å². The highest BCUT2D eigenvalue weighted by atomic mass is 32.2. The molecule has 1 fully saturated rings. The Morgan fingerprint density at radius 2 is 1.83 bits per heavy atom. The van der Waals surface area contributed by atoms with Crippen LogP contribution in [0.4, 0.5) is 5.95 Å². The predicted octanol–water partition coefficient (Wildman–Crippen LogP) is 4.75. The second kappa shape index (κ2) is 8.35. The summed E-state index contributed by atoms with van der Waals surface area (Å²) in [6.07, 6.45) is 5.22. The van der Waals surface area contributed by atoms with E-state index in [0.29, 0.717) is 17.5 Å². The minimum absolute atomic E-state index is 0.0953. The Morgan fingerprint density at radius 1 is 1.00 bits per heavy atom. The molecule has 0 bridgehead atoms. The number of anilines is 1. The van der Waals surface area contributed by atoms with Crippen LogP contribution >= 0.6 is 11.8 Å². The summed E-state index contributed by atoms with van der Waals surface area (Å²) in [6.45, 7) is 4.03. The van der Waals surface area contributed by atoms with Crippen LogP contribution in [-0.2, 0) is 0 Å². The number of benzene rings is 1. The van der Waals surface area contributed by atoms with Crippen molar-refractivity contribution in [3.63, 3.8) is 0 Å². The molecule has 9 heteroatoms. The van der Waals surface area contributed by atoms with Gasteiger partial charge in [-0.15, -0.1) is 10.2 Å². The number of rotatable bonds is 6. The van der Waals surface area contributed by atoms with Gasteiger partial charge in [0.05, 0.1) is 17.2 Å². The number of piperidine rings is 1. The van der Waals surface area contributed by atoms with Crippen molar-refractivity contribution < 1.29 is 8.94 Å². The first-order valence-corrected chi connectivity index (χ1v) is 11.0. The summed E-state index contributed by atoms with van der Waals surface area (Å²) < 4.78 is 13.0. The number of para-hydroxylation sites is 1. The fraction of sp³-hybridized carbons (Fsp3) is 0.333. The molecule has 0 radical (unpaired) electrons. The van der Waals surface area contributed by atoms with Crippen LogP contribution in [0.1, 0.15) is 37.3 Å². The smallest absolute Gasteiger partial charge is 0.240 e. The van der Waals surface area contributed by atoms with Gasteiger partial charge in [0.2, 0.25) is 17.7 Å². The summed E-state index contributed by atoms with van der Waals surface area (Å²) in [4.78, 5) is 6.81. The van der Waals surface area contributed by atoms with Crippen molar-refractivity contribution in [1.29, 1.82) is 0 Å². The summed E-state index contributed by atoms with van der Waals surface area (Å²) in [5.74, 6) is 2.44. The molecule has 1 atom stereocenters. The molecule has 8 nitrogen and oxygen atoms in total. The molecule has 4 aromatic rings. The van der Waals surface area contributed by atoms with E-state index in [0.717, 1.165) is 29.9 Å². The Labute approximate surface area is 178 Å². The van der Waals surface area contributed by atoms with Gasteiger partial charge < -0.3 is 13.8 Å². The molecule has 0 spiro atoms. The lowest BCUT2D eigenvalue weighted by molar-refractivity contribution is 0.379. The molecule has 3 aromatic heterocycles. The van der Waals surface area contributed by atoms with E-state index in [2.05, 4.69) is 41.9 Å². The third-order valence-electron chi connectivity index (χ3n) is 5.08. The largest absolute Gasteiger partial charge is 0.461 e. The number of nitrogens with zero attached hydrogens (tertiary/aromatic N) is 6. The molecule has 4 heterocycles. The minimum atomic E-state index is -0.0953. The Hall–Kier alpha value is -3.07. The topological polar surface area (TPSA) is 86.0 Å². The number of furan rings is 1. The van der Waals surface area contributed by atoms with E-state index in [-0.39, 0.29) is 5.25 Å². The predicted molar refractivity (Wildman–Crippen MR) is 114 cm³/mol. The first-order valence-electron chi connectivity index (χ1n) is 10.1. The third-order valence-corrected chi connectivity index (χ3v) is 6.11. The van der Waals surface area contributed by atoms with E-state index in [9.17, 15) is 0 Å². The first kappa shape index (κ1) is 18.9. The molecule has 30 heavy (non-hydrogen) atoms. The molecule has 1 aromatic carbocycles. The number of aromatic nitrogens is 5. The highest BCUT2D eigenvalue weighted by molar-refractivity contribution is 7.99. The quantitative estimate of drug-likeness (QED) is 0.411. The van der Waals surface area contributed by atoms with Crippen LogP contribution in [0.2, 0.25) is 0 Å². The lowest BCUT2D eigenvalue weighted by Crippen LogP contribution is -2.31. The van der Waals surface area contributed by atoms with Crippen molar-refractivity contribution >= 4 is 17.7 Å². The van der Waals surface area contributed by atoms with Gasteiger partial charge in [0, 0.05) is 13.1 Å². The van der Waals surface area contributed by atoms with Crippen molar-refractivity contribution in [2.45, 2.75) is 36.6 Å². The average Bonchev–Trinajstić information content (AvgIpc) is 3.55. The van der Waals surface area contributed by atoms with Crippen LogP contribution in [-0.4, -0.2) is 38.0 Å². The van der Waals surface area contributed by atoms with E-state index < -0.39 is 0 Å². The fourth-order valence-corrected chi connectivity index (χ4v) is 4.45. The molecule has 1 saturated heterocycles. The molecule has 0 aliphatic carbocycles. The Kier molecular flexibility index (Phi) is 5.27. The minimum Gasteiger partial charge on any atom is -0.461 e. The van der Waals surface area contributed by atoms with Gasteiger partial charge in [-0.05, 0) is 50.5 Å². The van der Waals surface area contributed by atoms with Crippen LogP contribution in [0, 0.1) is 0 Å². The zero-order valence-corrected chi connectivity index (χ0v) is 17.5. The standard InChI is InChI=1S/C21H22N6O2S/c1-15(19-22-18(25-29-19)17-11-8-14-28-17)30-21-24-23-20(26-12-6-3-7-13-26)27(21)16-9-4-2-5-10-16/h2,4-5,8-11,14-15H,3,6-7,12-13H2,1H3/t15-/m1/s1. The van der Waals surface area contributed by atoms with E-state index in [1.54, 1.807) is 24.1 Å². The van der Waals surface area contributed by atoms with Crippen molar-refractivity contribution in [2.24, 2.45) is 0 Å². The zero-order valence-electron chi connectivity index (χ0n) is 16.6. The Bertz CT molecular complexity index is 1090. The molecule has 0 N–H and O–H groups in total. The molecule has 0 amide bonds. The third kappa shape index (κ3) is 3.72. The van der Waals surface area contributed by atoms with Gasteiger partial charge in [-0.1, -0.05) is 35.1 Å². The summed E-state index contributed by atoms with van der Waals surface area (Å²) >= 11 is 1.55. The maximum absolute atomic E-state index is 5.48. The van der Waals surface area contributed by atoms with Gasteiger partial charge in [0.1, 0.15) is 0 Å². The maximum Gasteiger partial charge on any atom is 0.240 e. The van der Waals surface area contributed by atoms with Crippen LogP contribution in [0.5, 0.6) is 0 Å². The van der Waals surface area contributed by atoms with Crippen molar-refractivity contribution in [3.8, 4) is 17.3 Å². The highest BCUT2D eigenvalue weighted by Crippen LogP contribution is 2.37. The van der Waals surface area contributed by atoms with Crippen molar-refractivity contribution in [2.75, 3.05) is 18.0 Å². The van der Waals surface area contributed by atoms with E-state index >= 15 is 0 Å². The van der Waals surface area contributed by atoms with E-state index in [4.69, 9.17) is 8.94 Å². The average molecular weight is 423 g/mol. The normalized spacial score (nSPS) is 15.4. The maximum atomic E-state index is 5.48. The molecule has 154 valence electrons. The molecular weight excluding hydrogens is 400 g/mol. The Balaban J connectivity index is 1.44. The molecule has 0 saturated carbocycles. The zero-order chi connectivity index (χ0) is 20.3. The van der Waals surface area contributed by atoms with E-state index in [1.165, 1.54) is 19.3 Å². The second-order valence-electron chi connectivity index (χ2n) is 7.19. The molecule has 1 aliphatic heterocycles. The van der Waals surface area contributed by atoms with Gasteiger partial charge in [-0.3, -0.25) is 4.57 Å². The first-order chi connectivity index (χ1) is 14.8.